The number of aryl methyl sites for hydroxylation is 2. The second-order valence-electron chi connectivity index (χ2n) is 2.67. The Bertz CT molecular complexity index is 450. The number of hydrogen-bond acceptors (Lipinski definition) is 3. The number of nitriles is 1. The Morgan fingerprint density at radius 2 is 2.31 bits per heavy atom. The lowest BCUT2D eigenvalue weighted by Crippen LogP contribution is -2.30. The van der Waals surface area contributed by atoms with Gasteiger partial charge >= 0.3 is 5.69 Å². The van der Waals surface area contributed by atoms with Crippen LogP contribution in [0.3, 0.4) is 0 Å². The van der Waals surface area contributed by atoms with Crippen molar-refractivity contribution in [1.29, 1.82) is 5.26 Å². The van der Waals surface area contributed by atoms with Gasteiger partial charge in [0, 0.05) is 18.3 Å². The number of H-pyrrole nitrogens is 1. The molecule has 0 radical (unpaired) electrons. The van der Waals surface area contributed by atoms with Gasteiger partial charge in [0.1, 0.15) is 0 Å². The highest BCUT2D eigenvalue weighted by Crippen LogP contribution is 1.86. The second-order valence-corrected chi connectivity index (χ2v) is 2.67. The fourth-order valence-electron chi connectivity index (χ4n) is 0.955. The minimum Gasteiger partial charge on any atom is -0.299 e. The number of aromatic amines is 1. The summed E-state index contributed by atoms with van der Waals surface area (Å²) in [4.78, 5) is 24.2. The van der Waals surface area contributed by atoms with Crippen molar-refractivity contribution in [3.05, 3.63) is 32.6 Å². The Labute approximate surface area is 74.3 Å². The Morgan fingerprint density at radius 3 is 2.92 bits per heavy atom. The van der Waals surface area contributed by atoms with Gasteiger partial charge in [-0.2, -0.15) is 5.26 Å². The van der Waals surface area contributed by atoms with Crippen LogP contribution in [0, 0.1) is 18.3 Å². The highest BCUT2D eigenvalue weighted by atomic mass is 16.2. The predicted octanol–water partition coefficient (Wildman–Crippen LogP) is -0.241. The molecule has 1 aromatic rings. The van der Waals surface area contributed by atoms with E-state index >= 15 is 0 Å². The van der Waals surface area contributed by atoms with Crippen molar-refractivity contribution in [2.24, 2.45) is 0 Å². The van der Waals surface area contributed by atoms with Crippen LogP contribution in [0.15, 0.2) is 15.8 Å². The molecule has 0 spiro atoms. The summed E-state index contributed by atoms with van der Waals surface area (Å²) in [5, 5.41) is 8.31. The SMILES string of the molecule is Cc1cn(CCC#N)c(=O)[nH]c1=O. The maximum absolute atomic E-state index is 11.1. The molecular formula is C8H9N3O2. The number of aromatic nitrogens is 2. The third-order valence-electron chi connectivity index (χ3n) is 1.65. The zero-order chi connectivity index (χ0) is 9.84. The summed E-state index contributed by atoms with van der Waals surface area (Å²) < 4.78 is 1.32. The van der Waals surface area contributed by atoms with Crippen LogP contribution in [-0.4, -0.2) is 9.55 Å². The zero-order valence-electron chi connectivity index (χ0n) is 7.20. The summed E-state index contributed by atoms with van der Waals surface area (Å²) in [6, 6.07) is 1.93. The lowest BCUT2D eigenvalue weighted by molar-refractivity contribution is 0.654. The summed E-state index contributed by atoms with van der Waals surface area (Å²) in [6.45, 7) is 1.92. The van der Waals surface area contributed by atoms with E-state index in [1.807, 2.05) is 6.07 Å². The van der Waals surface area contributed by atoms with Gasteiger partial charge in [0.25, 0.3) is 5.56 Å². The minimum atomic E-state index is -0.467. The molecule has 0 atom stereocenters. The molecule has 1 aromatic heterocycles. The maximum Gasteiger partial charge on any atom is 0.328 e. The molecule has 1 heterocycles. The molecule has 0 saturated carbocycles. The third kappa shape index (κ3) is 2.06. The number of hydrogen-bond donors (Lipinski definition) is 1. The van der Waals surface area contributed by atoms with Crippen molar-refractivity contribution >= 4 is 0 Å². The molecule has 1 N–H and O–H groups in total. The molecule has 0 fully saturated rings. The van der Waals surface area contributed by atoms with E-state index in [1.54, 1.807) is 6.92 Å². The van der Waals surface area contributed by atoms with Gasteiger partial charge in [-0.05, 0) is 6.92 Å². The van der Waals surface area contributed by atoms with Gasteiger partial charge in [0.15, 0.2) is 0 Å². The van der Waals surface area contributed by atoms with Gasteiger partial charge < -0.3 is 0 Å². The Morgan fingerprint density at radius 1 is 1.62 bits per heavy atom. The van der Waals surface area contributed by atoms with Crippen molar-refractivity contribution in [3.8, 4) is 6.07 Å². The number of nitrogens with one attached hydrogen (secondary N) is 1. The molecule has 0 unspecified atom stereocenters. The van der Waals surface area contributed by atoms with Crippen molar-refractivity contribution in [2.75, 3.05) is 0 Å². The monoisotopic (exact) mass is 179 g/mol. The van der Waals surface area contributed by atoms with E-state index in [4.69, 9.17) is 5.26 Å². The van der Waals surface area contributed by atoms with Crippen LogP contribution < -0.4 is 11.2 Å². The first-order chi connectivity index (χ1) is 6.15. The third-order valence-corrected chi connectivity index (χ3v) is 1.65. The van der Waals surface area contributed by atoms with Crippen molar-refractivity contribution < 1.29 is 0 Å². The van der Waals surface area contributed by atoms with E-state index in [1.165, 1.54) is 10.8 Å². The van der Waals surface area contributed by atoms with Crippen molar-refractivity contribution in [1.82, 2.24) is 9.55 Å². The van der Waals surface area contributed by atoms with Crippen LogP contribution in [-0.2, 0) is 6.54 Å². The van der Waals surface area contributed by atoms with Crippen LogP contribution in [0.1, 0.15) is 12.0 Å². The average molecular weight is 179 g/mol. The van der Waals surface area contributed by atoms with Crippen LogP contribution >= 0.6 is 0 Å². The van der Waals surface area contributed by atoms with E-state index < -0.39 is 5.69 Å². The Hall–Kier alpha value is -1.83. The van der Waals surface area contributed by atoms with Gasteiger partial charge in [-0.25, -0.2) is 4.79 Å². The average Bonchev–Trinajstić information content (AvgIpc) is 2.09. The van der Waals surface area contributed by atoms with Crippen LogP contribution in [0.25, 0.3) is 0 Å². The topological polar surface area (TPSA) is 78.7 Å². The molecule has 5 heteroatoms. The summed E-state index contributed by atoms with van der Waals surface area (Å²) in [7, 11) is 0. The van der Waals surface area contributed by atoms with Crippen LogP contribution in [0.5, 0.6) is 0 Å². The fourth-order valence-corrected chi connectivity index (χ4v) is 0.955. The highest BCUT2D eigenvalue weighted by molar-refractivity contribution is 5.00. The summed E-state index contributed by atoms with van der Waals surface area (Å²) >= 11 is 0. The molecule has 0 aromatic carbocycles. The first-order valence-electron chi connectivity index (χ1n) is 3.82. The van der Waals surface area contributed by atoms with Crippen molar-refractivity contribution in [2.45, 2.75) is 19.9 Å². The zero-order valence-corrected chi connectivity index (χ0v) is 7.20. The smallest absolute Gasteiger partial charge is 0.299 e. The van der Waals surface area contributed by atoms with E-state index in [0.29, 0.717) is 12.1 Å². The predicted molar refractivity (Wildman–Crippen MR) is 46.3 cm³/mol. The summed E-state index contributed by atoms with van der Waals surface area (Å²) in [5.41, 5.74) is -0.374. The highest BCUT2D eigenvalue weighted by Gasteiger charge is 1.99. The quantitative estimate of drug-likeness (QED) is 0.680. The van der Waals surface area contributed by atoms with Gasteiger partial charge in [-0.3, -0.25) is 14.3 Å². The first-order valence-corrected chi connectivity index (χ1v) is 3.82. The van der Waals surface area contributed by atoms with E-state index in [2.05, 4.69) is 4.98 Å². The van der Waals surface area contributed by atoms with Gasteiger partial charge in [0.2, 0.25) is 0 Å². The molecule has 13 heavy (non-hydrogen) atoms. The lowest BCUT2D eigenvalue weighted by Gasteiger charge is -2.01. The minimum absolute atomic E-state index is 0.255. The molecule has 0 aliphatic rings. The van der Waals surface area contributed by atoms with E-state index in [0.717, 1.165) is 0 Å². The lowest BCUT2D eigenvalue weighted by atomic mass is 10.4. The molecular weight excluding hydrogens is 170 g/mol. The molecule has 5 nitrogen and oxygen atoms in total. The fraction of sp³-hybridized carbons (Fsp3) is 0.375. The maximum atomic E-state index is 11.1. The molecule has 0 bridgehead atoms. The molecule has 68 valence electrons. The first kappa shape index (κ1) is 9.26. The van der Waals surface area contributed by atoms with Gasteiger partial charge in [-0.15, -0.1) is 0 Å². The summed E-state index contributed by atoms with van der Waals surface area (Å²) in [6.07, 6.45) is 1.71. The molecule has 0 amide bonds. The molecule has 1 rings (SSSR count). The Balaban J connectivity index is 3.11. The molecule has 0 aliphatic carbocycles. The van der Waals surface area contributed by atoms with Crippen LogP contribution in [0.2, 0.25) is 0 Å². The van der Waals surface area contributed by atoms with E-state index in [9.17, 15) is 9.59 Å². The largest absolute Gasteiger partial charge is 0.328 e. The second kappa shape index (κ2) is 3.72. The normalized spacial score (nSPS) is 9.54. The van der Waals surface area contributed by atoms with E-state index in [-0.39, 0.29) is 12.0 Å². The molecule has 0 aliphatic heterocycles. The number of nitrogens with zero attached hydrogens (tertiary/aromatic N) is 2. The Kier molecular flexibility index (Phi) is 2.65. The van der Waals surface area contributed by atoms with Gasteiger partial charge in [0.05, 0.1) is 12.5 Å². The van der Waals surface area contributed by atoms with Crippen LogP contribution in [0.4, 0.5) is 0 Å². The standard InChI is InChI=1S/C8H9N3O2/c1-6-5-11(4-2-3-9)8(13)10-7(6)12/h5H,2,4H2,1H3,(H,10,12,13). The summed E-state index contributed by atoms with van der Waals surface area (Å²) in [5.74, 6) is 0. The number of rotatable bonds is 2. The molecule has 0 saturated heterocycles. The van der Waals surface area contributed by atoms with Gasteiger partial charge in [-0.1, -0.05) is 0 Å². The van der Waals surface area contributed by atoms with Crippen molar-refractivity contribution in [3.63, 3.8) is 0 Å².